The van der Waals surface area contributed by atoms with Crippen LogP contribution in [0.15, 0.2) is 53.4 Å². The number of imidazole rings is 1. The smallest absolute Gasteiger partial charge is 0.108 e. The lowest BCUT2D eigenvalue weighted by Gasteiger charge is -2.00. The molecule has 0 aliphatic rings. The van der Waals surface area contributed by atoms with Gasteiger partial charge in [0.05, 0.1) is 21.8 Å². The number of rotatable bonds is 4. The molecule has 0 aliphatic heterocycles. The number of aromatic amines is 1. The van der Waals surface area contributed by atoms with Crippen molar-refractivity contribution in [2.75, 3.05) is 11.5 Å². The summed E-state index contributed by atoms with van der Waals surface area (Å²) in [5, 5.41) is 0. The highest BCUT2D eigenvalue weighted by Gasteiger charge is 2.07. The molecule has 0 radical (unpaired) electrons. The topological polar surface area (TPSA) is 71.8 Å². The number of H-pyrrole nitrogens is 1. The van der Waals surface area contributed by atoms with Gasteiger partial charge in [-0.2, -0.15) is 0 Å². The Bertz CT molecular complexity index is 752. The molecule has 102 valence electrons. The van der Waals surface area contributed by atoms with E-state index in [-0.39, 0.29) is 0 Å². The van der Waals surface area contributed by atoms with Crippen molar-refractivity contribution in [3.05, 3.63) is 54.4 Å². The van der Waals surface area contributed by atoms with Gasteiger partial charge in [0, 0.05) is 22.8 Å². The molecule has 0 bridgehead atoms. The largest absolute Gasteiger partial charge is 0.399 e. The number of aryl methyl sites for hydroxylation is 1. The number of nitrogen functional groups attached to an aromatic ring is 1. The number of nitrogens with two attached hydrogens (primary N) is 1. The van der Waals surface area contributed by atoms with E-state index in [4.69, 9.17) is 5.73 Å². The Labute approximate surface area is 119 Å². The van der Waals surface area contributed by atoms with E-state index in [1.165, 1.54) is 0 Å². The second-order valence-corrected chi connectivity index (χ2v) is 6.14. The van der Waals surface area contributed by atoms with Gasteiger partial charge in [-0.1, -0.05) is 18.2 Å². The molecule has 2 aromatic carbocycles. The molecule has 4 nitrogen and oxygen atoms in total. The van der Waals surface area contributed by atoms with E-state index in [1.807, 2.05) is 48.5 Å². The van der Waals surface area contributed by atoms with Gasteiger partial charge in [0.25, 0.3) is 0 Å². The van der Waals surface area contributed by atoms with Gasteiger partial charge in [0.2, 0.25) is 0 Å². The molecule has 1 aromatic heterocycles. The van der Waals surface area contributed by atoms with Crippen molar-refractivity contribution >= 4 is 27.5 Å². The summed E-state index contributed by atoms with van der Waals surface area (Å²) in [6.45, 7) is 0. The van der Waals surface area contributed by atoms with Crippen LogP contribution in [0, 0.1) is 0 Å². The van der Waals surface area contributed by atoms with Gasteiger partial charge in [-0.15, -0.1) is 0 Å². The minimum Gasteiger partial charge on any atom is -0.399 e. The molecule has 0 amide bonds. The SMILES string of the molecule is Nc1ccc2nc(CCS(=O)c3ccccc3)[nH]c2c1. The highest BCUT2D eigenvalue weighted by molar-refractivity contribution is 7.85. The van der Waals surface area contributed by atoms with Gasteiger partial charge in [-0.05, 0) is 30.3 Å². The minimum absolute atomic E-state index is 0.555. The van der Waals surface area contributed by atoms with Crippen LogP contribution in [-0.4, -0.2) is 19.9 Å². The Hall–Kier alpha value is -2.14. The summed E-state index contributed by atoms with van der Waals surface area (Å²) >= 11 is 0. The molecule has 20 heavy (non-hydrogen) atoms. The van der Waals surface area contributed by atoms with Gasteiger partial charge in [-0.3, -0.25) is 4.21 Å². The molecular weight excluding hydrogens is 270 g/mol. The third kappa shape index (κ3) is 2.72. The van der Waals surface area contributed by atoms with Crippen LogP contribution in [-0.2, 0) is 17.2 Å². The van der Waals surface area contributed by atoms with Gasteiger partial charge in [0.1, 0.15) is 5.82 Å². The third-order valence-corrected chi connectivity index (χ3v) is 4.46. The molecule has 3 rings (SSSR count). The van der Waals surface area contributed by atoms with E-state index in [0.717, 1.165) is 21.8 Å². The first kappa shape index (κ1) is 12.9. The standard InChI is InChI=1S/C15H15N3OS/c16-11-6-7-13-14(10-11)18-15(17-13)8-9-20(19)12-4-2-1-3-5-12/h1-7,10H,8-9,16H2,(H,17,18). The lowest BCUT2D eigenvalue weighted by Crippen LogP contribution is -2.02. The summed E-state index contributed by atoms with van der Waals surface area (Å²) in [4.78, 5) is 8.55. The second-order valence-electron chi connectivity index (χ2n) is 4.57. The molecule has 1 atom stereocenters. The van der Waals surface area contributed by atoms with Gasteiger partial charge in [-0.25, -0.2) is 4.98 Å². The average molecular weight is 285 g/mol. The van der Waals surface area contributed by atoms with Crippen molar-refractivity contribution in [1.29, 1.82) is 0 Å². The number of aromatic nitrogens is 2. The predicted octanol–water partition coefficient (Wildman–Crippen LogP) is 2.50. The quantitative estimate of drug-likeness (QED) is 0.723. The van der Waals surface area contributed by atoms with Crippen molar-refractivity contribution in [1.82, 2.24) is 9.97 Å². The lowest BCUT2D eigenvalue weighted by atomic mass is 10.3. The molecule has 0 aliphatic carbocycles. The van der Waals surface area contributed by atoms with Crippen LogP contribution in [0.5, 0.6) is 0 Å². The fourth-order valence-electron chi connectivity index (χ4n) is 2.08. The Morgan fingerprint density at radius 3 is 2.75 bits per heavy atom. The Balaban J connectivity index is 1.72. The molecular formula is C15H15N3OS. The fourth-order valence-corrected chi connectivity index (χ4v) is 3.15. The number of nitrogens with zero attached hydrogens (tertiary/aromatic N) is 1. The zero-order valence-electron chi connectivity index (χ0n) is 10.9. The lowest BCUT2D eigenvalue weighted by molar-refractivity contribution is 0.681. The molecule has 5 heteroatoms. The zero-order chi connectivity index (χ0) is 13.9. The highest BCUT2D eigenvalue weighted by atomic mass is 32.2. The van der Waals surface area contributed by atoms with Crippen LogP contribution in [0.4, 0.5) is 5.69 Å². The number of fused-ring (bicyclic) bond motifs is 1. The second kappa shape index (κ2) is 5.46. The van der Waals surface area contributed by atoms with Crippen molar-refractivity contribution in [3.8, 4) is 0 Å². The molecule has 1 heterocycles. The molecule has 1 unspecified atom stereocenters. The molecule has 0 saturated heterocycles. The normalized spacial score (nSPS) is 12.6. The highest BCUT2D eigenvalue weighted by Crippen LogP contribution is 2.15. The molecule has 0 fully saturated rings. The van der Waals surface area contributed by atoms with Crippen LogP contribution >= 0.6 is 0 Å². The van der Waals surface area contributed by atoms with Crippen LogP contribution < -0.4 is 5.73 Å². The molecule has 0 spiro atoms. The first-order valence-electron chi connectivity index (χ1n) is 6.40. The van der Waals surface area contributed by atoms with E-state index in [2.05, 4.69) is 9.97 Å². The average Bonchev–Trinajstić information content (AvgIpc) is 2.87. The van der Waals surface area contributed by atoms with Crippen LogP contribution in [0.2, 0.25) is 0 Å². The van der Waals surface area contributed by atoms with E-state index < -0.39 is 10.8 Å². The van der Waals surface area contributed by atoms with E-state index in [9.17, 15) is 4.21 Å². The number of hydrogen-bond donors (Lipinski definition) is 2. The number of benzene rings is 2. The monoisotopic (exact) mass is 285 g/mol. The van der Waals surface area contributed by atoms with E-state index in [0.29, 0.717) is 17.9 Å². The Morgan fingerprint density at radius 2 is 1.95 bits per heavy atom. The van der Waals surface area contributed by atoms with Crippen molar-refractivity contribution < 1.29 is 4.21 Å². The summed E-state index contributed by atoms with van der Waals surface area (Å²) in [7, 11) is -0.995. The molecule has 3 N–H and O–H groups in total. The van der Waals surface area contributed by atoms with Gasteiger partial charge >= 0.3 is 0 Å². The van der Waals surface area contributed by atoms with Crippen LogP contribution in [0.25, 0.3) is 11.0 Å². The van der Waals surface area contributed by atoms with Crippen LogP contribution in [0.3, 0.4) is 0 Å². The maximum Gasteiger partial charge on any atom is 0.108 e. The summed E-state index contributed by atoms with van der Waals surface area (Å²) in [5.41, 5.74) is 8.25. The van der Waals surface area contributed by atoms with Crippen LogP contribution in [0.1, 0.15) is 5.82 Å². The third-order valence-electron chi connectivity index (χ3n) is 3.09. The van der Waals surface area contributed by atoms with E-state index in [1.54, 1.807) is 0 Å². The maximum absolute atomic E-state index is 12.1. The van der Waals surface area contributed by atoms with Gasteiger partial charge < -0.3 is 10.7 Å². The first-order valence-corrected chi connectivity index (χ1v) is 7.72. The predicted molar refractivity (Wildman–Crippen MR) is 81.9 cm³/mol. The fraction of sp³-hybridized carbons (Fsp3) is 0.133. The Morgan fingerprint density at radius 1 is 1.15 bits per heavy atom. The van der Waals surface area contributed by atoms with Crippen molar-refractivity contribution in [3.63, 3.8) is 0 Å². The first-order chi connectivity index (χ1) is 9.72. The summed E-state index contributed by atoms with van der Waals surface area (Å²) < 4.78 is 12.1. The number of hydrogen-bond acceptors (Lipinski definition) is 3. The summed E-state index contributed by atoms with van der Waals surface area (Å²) in [6.07, 6.45) is 0.649. The van der Waals surface area contributed by atoms with E-state index >= 15 is 0 Å². The number of nitrogens with one attached hydrogen (secondary N) is 1. The number of anilines is 1. The van der Waals surface area contributed by atoms with Crippen molar-refractivity contribution in [2.24, 2.45) is 0 Å². The molecule has 3 aromatic rings. The summed E-state index contributed by atoms with van der Waals surface area (Å²) in [5.74, 6) is 1.40. The minimum atomic E-state index is -0.995. The molecule has 0 saturated carbocycles. The van der Waals surface area contributed by atoms with Crippen molar-refractivity contribution in [2.45, 2.75) is 11.3 Å². The summed E-state index contributed by atoms with van der Waals surface area (Å²) in [6, 6.07) is 15.1. The van der Waals surface area contributed by atoms with Gasteiger partial charge in [0.15, 0.2) is 0 Å². The Kier molecular flexibility index (Phi) is 3.52. The maximum atomic E-state index is 12.1. The zero-order valence-corrected chi connectivity index (χ0v) is 11.7.